The van der Waals surface area contributed by atoms with E-state index in [2.05, 4.69) is 29.3 Å². The molecule has 1 unspecified atom stereocenters. The van der Waals surface area contributed by atoms with Crippen LogP contribution in [0.3, 0.4) is 0 Å². The van der Waals surface area contributed by atoms with Gasteiger partial charge in [0.15, 0.2) is 0 Å². The Bertz CT molecular complexity index is 415. The lowest BCUT2D eigenvalue weighted by molar-refractivity contribution is 0.548. The van der Waals surface area contributed by atoms with Crippen molar-refractivity contribution in [2.75, 3.05) is 18.0 Å². The van der Waals surface area contributed by atoms with E-state index in [4.69, 9.17) is 11.6 Å². The number of benzene rings is 1. The van der Waals surface area contributed by atoms with Crippen molar-refractivity contribution >= 4 is 17.3 Å². The lowest BCUT2D eigenvalue weighted by Crippen LogP contribution is -2.34. The van der Waals surface area contributed by atoms with Gasteiger partial charge in [0.1, 0.15) is 0 Å². The smallest absolute Gasteiger partial charge is 0.0410 e. The predicted molar refractivity (Wildman–Crippen MR) is 73.0 cm³/mol. The normalized spacial score (nSPS) is 24.4. The molecule has 92 valence electrons. The van der Waals surface area contributed by atoms with Gasteiger partial charge in [0.2, 0.25) is 0 Å². The zero-order valence-corrected chi connectivity index (χ0v) is 11.0. The summed E-state index contributed by atoms with van der Waals surface area (Å²) in [4.78, 5) is 2.48. The second kappa shape index (κ2) is 4.51. The van der Waals surface area contributed by atoms with Crippen molar-refractivity contribution in [2.24, 2.45) is 0 Å². The summed E-state index contributed by atoms with van der Waals surface area (Å²) in [5.74, 6) is 0. The summed E-state index contributed by atoms with van der Waals surface area (Å²) >= 11 is 6.00. The van der Waals surface area contributed by atoms with Crippen molar-refractivity contribution in [1.82, 2.24) is 5.32 Å². The Labute approximate surface area is 108 Å². The third-order valence-corrected chi connectivity index (χ3v) is 3.97. The maximum Gasteiger partial charge on any atom is 0.0410 e. The molecule has 1 saturated heterocycles. The number of aryl methyl sites for hydroxylation is 1. The molecule has 0 bridgehead atoms. The molecule has 3 rings (SSSR count). The van der Waals surface area contributed by atoms with Crippen LogP contribution < -0.4 is 10.2 Å². The Hall–Kier alpha value is -0.730. The molecule has 1 atom stereocenters. The Balaban J connectivity index is 1.68. The van der Waals surface area contributed by atoms with Gasteiger partial charge in [-0.25, -0.2) is 0 Å². The number of rotatable bonds is 3. The SMILES string of the molecule is Cc1cc(Cl)ccc1N1CCC(NC2CC2)C1. The van der Waals surface area contributed by atoms with E-state index >= 15 is 0 Å². The molecule has 1 N–H and O–H groups in total. The topological polar surface area (TPSA) is 15.3 Å². The van der Waals surface area contributed by atoms with Gasteiger partial charge in [-0.2, -0.15) is 0 Å². The molecule has 0 aromatic heterocycles. The molecule has 1 aliphatic carbocycles. The minimum Gasteiger partial charge on any atom is -0.370 e. The van der Waals surface area contributed by atoms with Gasteiger partial charge in [-0.15, -0.1) is 0 Å². The highest BCUT2D eigenvalue weighted by atomic mass is 35.5. The fourth-order valence-electron chi connectivity index (χ4n) is 2.67. The van der Waals surface area contributed by atoms with E-state index < -0.39 is 0 Å². The number of hydrogen-bond donors (Lipinski definition) is 1. The predicted octanol–water partition coefficient (Wildman–Crippen LogP) is 2.98. The van der Waals surface area contributed by atoms with E-state index in [9.17, 15) is 0 Å². The van der Waals surface area contributed by atoms with Crippen LogP contribution in [-0.4, -0.2) is 25.2 Å². The van der Waals surface area contributed by atoms with E-state index in [1.54, 1.807) is 0 Å². The van der Waals surface area contributed by atoms with Gasteiger partial charge >= 0.3 is 0 Å². The minimum atomic E-state index is 0.678. The summed E-state index contributed by atoms with van der Waals surface area (Å²) in [5.41, 5.74) is 2.62. The molecule has 1 aromatic rings. The molecule has 0 spiro atoms. The van der Waals surface area contributed by atoms with E-state index in [-0.39, 0.29) is 0 Å². The molecule has 2 aliphatic rings. The Kier molecular flexibility index (Phi) is 3.01. The maximum atomic E-state index is 6.00. The lowest BCUT2D eigenvalue weighted by Gasteiger charge is -2.21. The summed E-state index contributed by atoms with van der Waals surface area (Å²) in [6.07, 6.45) is 4.01. The Morgan fingerprint density at radius 3 is 2.76 bits per heavy atom. The van der Waals surface area contributed by atoms with Crippen LogP contribution in [-0.2, 0) is 0 Å². The van der Waals surface area contributed by atoms with Crippen molar-refractivity contribution in [1.29, 1.82) is 0 Å². The molecule has 2 nitrogen and oxygen atoms in total. The molecular formula is C14H19ClN2. The average molecular weight is 251 g/mol. The van der Waals surface area contributed by atoms with Gasteiger partial charge in [-0.1, -0.05) is 11.6 Å². The molecule has 0 amide bonds. The van der Waals surface area contributed by atoms with E-state index in [0.717, 1.165) is 24.2 Å². The number of anilines is 1. The fraction of sp³-hybridized carbons (Fsp3) is 0.571. The molecule has 0 radical (unpaired) electrons. The Morgan fingerprint density at radius 1 is 1.24 bits per heavy atom. The highest BCUT2D eigenvalue weighted by molar-refractivity contribution is 6.30. The van der Waals surface area contributed by atoms with Gasteiger partial charge in [0.25, 0.3) is 0 Å². The largest absolute Gasteiger partial charge is 0.370 e. The van der Waals surface area contributed by atoms with E-state index in [0.29, 0.717) is 6.04 Å². The molecule has 1 saturated carbocycles. The molecule has 1 heterocycles. The highest BCUT2D eigenvalue weighted by Crippen LogP contribution is 2.28. The monoisotopic (exact) mass is 250 g/mol. The quantitative estimate of drug-likeness (QED) is 0.887. The highest BCUT2D eigenvalue weighted by Gasteiger charge is 2.29. The van der Waals surface area contributed by atoms with Gasteiger partial charge in [0, 0.05) is 35.9 Å². The summed E-state index contributed by atoms with van der Waals surface area (Å²) < 4.78 is 0. The number of halogens is 1. The molecule has 1 aromatic carbocycles. The first kappa shape index (κ1) is 11.4. The summed E-state index contributed by atoms with van der Waals surface area (Å²) in [7, 11) is 0. The van der Waals surface area contributed by atoms with Crippen LogP contribution in [0.5, 0.6) is 0 Å². The van der Waals surface area contributed by atoms with Crippen molar-refractivity contribution in [3.05, 3.63) is 28.8 Å². The summed E-state index contributed by atoms with van der Waals surface area (Å²) in [6.45, 7) is 4.44. The first-order valence-electron chi connectivity index (χ1n) is 6.49. The zero-order chi connectivity index (χ0) is 11.8. The second-order valence-corrected chi connectivity index (χ2v) is 5.74. The van der Waals surface area contributed by atoms with Crippen LogP contribution in [0.1, 0.15) is 24.8 Å². The average Bonchev–Trinajstić information content (AvgIpc) is 2.96. The van der Waals surface area contributed by atoms with Gasteiger partial charge in [-0.05, 0) is 49.9 Å². The van der Waals surface area contributed by atoms with E-state index in [1.807, 2.05) is 6.07 Å². The van der Waals surface area contributed by atoms with Crippen LogP contribution in [0.2, 0.25) is 5.02 Å². The van der Waals surface area contributed by atoms with Gasteiger partial charge < -0.3 is 10.2 Å². The van der Waals surface area contributed by atoms with Gasteiger partial charge in [-0.3, -0.25) is 0 Å². The first-order valence-corrected chi connectivity index (χ1v) is 6.87. The molecule has 3 heteroatoms. The van der Waals surface area contributed by atoms with Crippen molar-refractivity contribution in [2.45, 2.75) is 38.3 Å². The van der Waals surface area contributed by atoms with Crippen LogP contribution in [0.25, 0.3) is 0 Å². The van der Waals surface area contributed by atoms with Crippen LogP contribution in [0.15, 0.2) is 18.2 Å². The standard InChI is InChI=1S/C14H19ClN2/c1-10-8-11(15)2-5-14(10)17-7-6-13(9-17)16-12-3-4-12/h2,5,8,12-13,16H,3-4,6-7,9H2,1H3. The number of nitrogens with zero attached hydrogens (tertiary/aromatic N) is 1. The lowest BCUT2D eigenvalue weighted by atomic mass is 10.2. The summed E-state index contributed by atoms with van der Waals surface area (Å²) in [6, 6.07) is 7.69. The third kappa shape index (κ3) is 2.58. The second-order valence-electron chi connectivity index (χ2n) is 5.30. The van der Waals surface area contributed by atoms with Crippen LogP contribution in [0.4, 0.5) is 5.69 Å². The fourth-order valence-corrected chi connectivity index (χ4v) is 2.90. The maximum absolute atomic E-state index is 6.00. The van der Waals surface area contributed by atoms with Crippen molar-refractivity contribution in [3.8, 4) is 0 Å². The molecule has 17 heavy (non-hydrogen) atoms. The molecule has 2 fully saturated rings. The molecule has 1 aliphatic heterocycles. The first-order chi connectivity index (χ1) is 8.22. The van der Waals surface area contributed by atoms with Crippen LogP contribution >= 0.6 is 11.6 Å². The van der Waals surface area contributed by atoms with Crippen LogP contribution in [0, 0.1) is 6.92 Å². The Morgan fingerprint density at radius 2 is 2.06 bits per heavy atom. The summed E-state index contributed by atoms with van der Waals surface area (Å²) in [5, 5.41) is 4.55. The number of hydrogen-bond acceptors (Lipinski definition) is 2. The number of nitrogens with one attached hydrogen (secondary N) is 1. The zero-order valence-electron chi connectivity index (χ0n) is 10.2. The van der Waals surface area contributed by atoms with Crippen molar-refractivity contribution < 1.29 is 0 Å². The van der Waals surface area contributed by atoms with E-state index in [1.165, 1.54) is 30.5 Å². The van der Waals surface area contributed by atoms with Gasteiger partial charge in [0.05, 0.1) is 0 Å². The minimum absolute atomic E-state index is 0.678. The molecular weight excluding hydrogens is 232 g/mol. The third-order valence-electron chi connectivity index (χ3n) is 3.74. The van der Waals surface area contributed by atoms with Crippen molar-refractivity contribution in [3.63, 3.8) is 0 Å².